The fourth-order valence-corrected chi connectivity index (χ4v) is 2.14. The number of aryl methyl sites for hydroxylation is 1. The largest absolute Gasteiger partial charge is 0.463 e. The number of ether oxygens (including phenoxy) is 2. The van der Waals surface area contributed by atoms with E-state index in [1.54, 1.807) is 19.9 Å². The molecule has 1 aromatic rings. The third-order valence-electron chi connectivity index (χ3n) is 2.33. The van der Waals surface area contributed by atoms with E-state index in [4.69, 9.17) is 15.2 Å². The van der Waals surface area contributed by atoms with E-state index in [2.05, 4.69) is 0 Å². The smallest absolute Gasteiger partial charge is 0.349 e. The second-order valence-corrected chi connectivity index (χ2v) is 4.93. The summed E-state index contributed by atoms with van der Waals surface area (Å²) < 4.78 is 9.93. The van der Waals surface area contributed by atoms with E-state index in [0.717, 1.165) is 4.88 Å². The molecule has 0 aliphatic rings. The van der Waals surface area contributed by atoms with Crippen molar-refractivity contribution >= 4 is 29.0 Å². The molecule has 0 bridgehead atoms. The zero-order chi connectivity index (χ0) is 13.7. The van der Waals surface area contributed by atoms with Gasteiger partial charge in [-0.25, -0.2) is 9.59 Å². The number of anilines is 1. The molecule has 0 radical (unpaired) electrons. The first-order valence-electron chi connectivity index (χ1n) is 5.73. The molecule has 1 atom stereocenters. The summed E-state index contributed by atoms with van der Waals surface area (Å²) in [6.07, 6.45) is -0.481. The fourth-order valence-electron chi connectivity index (χ4n) is 1.32. The predicted molar refractivity (Wildman–Crippen MR) is 69.6 cm³/mol. The topological polar surface area (TPSA) is 78.6 Å². The van der Waals surface area contributed by atoms with Crippen LogP contribution in [0.1, 0.15) is 34.8 Å². The Labute approximate surface area is 110 Å². The molecule has 2 N–H and O–H groups in total. The van der Waals surface area contributed by atoms with Crippen LogP contribution in [-0.2, 0) is 14.3 Å². The van der Waals surface area contributed by atoms with Gasteiger partial charge in [0.05, 0.1) is 6.61 Å². The minimum absolute atomic E-state index is 0.262. The predicted octanol–water partition coefficient (Wildman–Crippen LogP) is 2.14. The maximum Gasteiger partial charge on any atom is 0.349 e. The zero-order valence-electron chi connectivity index (χ0n) is 10.7. The molecule has 6 heteroatoms. The second-order valence-electron chi connectivity index (χ2n) is 3.68. The highest BCUT2D eigenvalue weighted by Crippen LogP contribution is 2.24. The lowest BCUT2D eigenvalue weighted by Gasteiger charge is -2.13. The number of thiophene rings is 1. The Morgan fingerprint density at radius 3 is 2.56 bits per heavy atom. The lowest BCUT2D eigenvalue weighted by molar-refractivity contribution is -0.153. The molecule has 5 nitrogen and oxygen atoms in total. The van der Waals surface area contributed by atoms with Crippen LogP contribution in [0.3, 0.4) is 0 Å². The van der Waals surface area contributed by atoms with Crippen LogP contribution in [-0.4, -0.2) is 24.6 Å². The Hall–Kier alpha value is -1.56. The van der Waals surface area contributed by atoms with Crippen LogP contribution in [0.15, 0.2) is 6.07 Å². The molecule has 0 spiro atoms. The van der Waals surface area contributed by atoms with E-state index in [1.165, 1.54) is 11.3 Å². The highest BCUT2D eigenvalue weighted by molar-refractivity contribution is 7.14. The number of rotatable bonds is 5. The van der Waals surface area contributed by atoms with Gasteiger partial charge in [-0.15, -0.1) is 11.3 Å². The van der Waals surface area contributed by atoms with E-state index >= 15 is 0 Å². The van der Waals surface area contributed by atoms with E-state index in [-0.39, 0.29) is 6.61 Å². The molecule has 0 aliphatic heterocycles. The van der Waals surface area contributed by atoms with Gasteiger partial charge in [0.2, 0.25) is 0 Å². The number of carbonyl (C=O) groups is 2. The van der Waals surface area contributed by atoms with Crippen molar-refractivity contribution in [3.05, 3.63) is 15.8 Å². The molecular formula is C12H17NO4S. The first kappa shape index (κ1) is 14.5. The first-order chi connectivity index (χ1) is 8.49. The summed E-state index contributed by atoms with van der Waals surface area (Å²) in [5.41, 5.74) is 6.21. The van der Waals surface area contributed by atoms with Gasteiger partial charge in [-0.1, -0.05) is 6.92 Å². The number of nitrogen functional groups attached to an aromatic ring is 1. The van der Waals surface area contributed by atoms with Crippen molar-refractivity contribution in [3.63, 3.8) is 0 Å². The molecular weight excluding hydrogens is 254 g/mol. The maximum atomic E-state index is 11.8. The molecule has 0 aliphatic carbocycles. The number of carbonyl (C=O) groups excluding carboxylic acids is 2. The van der Waals surface area contributed by atoms with Gasteiger partial charge >= 0.3 is 11.9 Å². The molecule has 18 heavy (non-hydrogen) atoms. The monoisotopic (exact) mass is 271 g/mol. The molecule has 0 aromatic carbocycles. The van der Waals surface area contributed by atoms with Crippen molar-refractivity contribution in [2.45, 2.75) is 33.3 Å². The Balaban J connectivity index is 2.70. The van der Waals surface area contributed by atoms with Gasteiger partial charge in [0, 0.05) is 10.6 Å². The molecule has 1 rings (SSSR count). The van der Waals surface area contributed by atoms with Crippen molar-refractivity contribution in [2.24, 2.45) is 0 Å². The Bertz CT molecular complexity index is 422. The summed E-state index contributed by atoms with van der Waals surface area (Å²) in [6, 6.07) is 1.56. The third-order valence-corrected chi connectivity index (χ3v) is 3.37. The minimum Gasteiger partial charge on any atom is -0.463 e. The van der Waals surface area contributed by atoms with Crippen molar-refractivity contribution < 1.29 is 19.1 Å². The van der Waals surface area contributed by atoms with Crippen LogP contribution in [0.25, 0.3) is 0 Å². The van der Waals surface area contributed by atoms with Gasteiger partial charge in [-0.2, -0.15) is 0 Å². The van der Waals surface area contributed by atoms with Gasteiger partial charge in [-0.3, -0.25) is 0 Å². The number of esters is 2. The second kappa shape index (κ2) is 6.39. The number of hydrogen-bond acceptors (Lipinski definition) is 6. The van der Waals surface area contributed by atoms with E-state index in [9.17, 15) is 9.59 Å². The zero-order valence-corrected chi connectivity index (χ0v) is 11.5. The quantitative estimate of drug-likeness (QED) is 0.830. The minimum atomic E-state index is -0.860. The average molecular weight is 271 g/mol. The molecule has 0 fully saturated rings. The average Bonchev–Trinajstić information content (AvgIpc) is 2.66. The highest BCUT2D eigenvalue weighted by Gasteiger charge is 2.24. The van der Waals surface area contributed by atoms with Crippen LogP contribution >= 0.6 is 11.3 Å². The van der Waals surface area contributed by atoms with Gasteiger partial charge in [-0.05, 0) is 26.3 Å². The highest BCUT2D eigenvalue weighted by atomic mass is 32.1. The SMILES string of the molecule is CCOC(=O)C(CC)OC(=O)c1cc(N)c(C)s1. The van der Waals surface area contributed by atoms with Crippen molar-refractivity contribution in [3.8, 4) is 0 Å². The van der Waals surface area contributed by atoms with Crippen LogP contribution in [0, 0.1) is 6.92 Å². The molecule has 1 unspecified atom stereocenters. The van der Waals surface area contributed by atoms with Crippen molar-refractivity contribution in [2.75, 3.05) is 12.3 Å². The lowest BCUT2D eigenvalue weighted by atomic mass is 10.3. The van der Waals surface area contributed by atoms with Gasteiger partial charge < -0.3 is 15.2 Å². The summed E-state index contributed by atoms with van der Waals surface area (Å²) in [5.74, 6) is -1.06. The number of hydrogen-bond donors (Lipinski definition) is 1. The Morgan fingerprint density at radius 2 is 2.11 bits per heavy atom. The molecule has 0 saturated heterocycles. The maximum absolute atomic E-state index is 11.8. The molecule has 0 amide bonds. The number of nitrogens with two attached hydrogens (primary N) is 1. The van der Waals surface area contributed by atoms with E-state index < -0.39 is 18.0 Å². The van der Waals surface area contributed by atoms with Crippen LogP contribution in [0.4, 0.5) is 5.69 Å². The Kier molecular flexibility index (Phi) is 5.15. The van der Waals surface area contributed by atoms with Gasteiger partial charge in [0.15, 0.2) is 6.10 Å². The Morgan fingerprint density at radius 1 is 1.44 bits per heavy atom. The third kappa shape index (κ3) is 3.46. The molecule has 1 aromatic heterocycles. The fraction of sp³-hybridized carbons (Fsp3) is 0.500. The summed E-state index contributed by atoms with van der Waals surface area (Å²) >= 11 is 1.25. The van der Waals surface area contributed by atoms with Crippen LogP contribution < -0.4 is 5.73 Å². The summed E-state index contributed by atoms with van der Waals surface area (Å²) in [7, 11) is 0. The van der Waals surface area contributed by atoms with Gasteiger partial charge in [0.1, 0.15) is 4.88 Å². The summed E-state index contributed by atoms with van der Waals surface area (Å²) in [5, 5.41) is 0. The summed E-state index contributed by atoms with van der Waals surface area (Å²) in [6.45, 7) is 5.54. The lowest BCUT2D eigenvalue weighted by Crippen LogP contribution is -2.28. The van der Waals surface area contributed by atoms with Crippen LogP contribution in [0.5, 0.6) is 0 Å². The van der Waals surface area contributed by atoms with Crippen molar-refractivity contribution in [1.29, 1.82) is 0 Å². The van der Waals surface area contributed by atoms with E-state index in [0.29, 0.717) is 17.0 Å². The van der Waals surface area contributed by atoms with Gasteiger partial charge in [0.25, 0.3) is 0 Å². The molecule has 1 heterocycles. The molecule has 0 saturated carbocycles. The molecule has 100 valence electrons. The first-order valence-corrected chi connectivity index (χ1v) is 6.54. The normalized spacial score (nSPS) is 11.9. The summed E-state index contributed by atoms with van der Waals surface area (Å²) in [4.78, 5) is 24.6. The standard InChI is InChI=1S/C12H17NO4S/c1-4-9(11(14)16-5-2)17-12(15)10-6-8(13)7(3)18-10/h6,9H,4-5,13H2,1-3H3. The van der Waals surface area contributed by atoms with E-state index in [1.807, 2.05) is 6.92 Å². The van der Waals surface area contributed by atoms with Crippen molar-refractivity contribution in [1.82, 2.24) is 0 Å². The van der Waals surface area contributed by atoms with Crippen LogP contribution in [0.2, 0.25) is 0 Å².